The lowest BCUT2D eigenvalue weighted by Crippen LogP contribution is -2.43. The highest BCUT2D eigenvalue weighted by atomic mass is 127. The van der Waals surface area contributed by atoms with Gasteiger partial charge < -0.3 is 20.5 Å². The van der Waals surface area contributed by atoms with Crippen LogP contribution in [-0.4, -0.2) is 42.9 Å². The molecule has 134 valence electrons. The maximum absolute atomic E-state index is 10.0. The number of nitrogens with one attached hydrogen (secondary N) is 2. The number of hydrogen-bond acceptors (Lipinski definition) is 3. The number of halogens is 1. The second-order valence-corrected chi connectivity index (χ2v) is 5.66. The number of ether oxygens (including phenoxy) is 1. The van der Waals surface area contributed by atoms with E-state index in [1.165, 1.54) is 0 Å². The molecule has 1 aromatic carbocycles. The summed E-state index contributed by atoms with van der Waals surface area (Å²) in [4.78, 5) is 4.44. The Hall–Kier alpha value is -1.12. The second kappa shape index (κ2) is 12.3. The zero-order valence-electron chi connectivity index (χ0n) is 14.1. The average Bonchev–Trinajstić information content (AvgIpc) is 3.07. The highest BCUT2D eigenvalue weighted by Crippen LogP contribution is 2.08. The van der Waals surface area contributed by atoms with Crippen LogP contribution in [0.4, 0.5) is 0 Å². The Kier molecular flexibility index (Phi) is 10.7. The van der Waals surface area contributed by atoms with Gasteiger partial charge in [0.2, 0.25) is 0 Å². The largest absolute Gasteiger partial charge is 0.389 e. The van der Waals surface area contributed by atoms with Gasteiger partial charge in [0, 0.05) is 12.6 Å². The van der Waals surface area contributed by atoms with Gasteiger partial charge in [-0.3, -0.25) is 4.99 Å². The number of hydrogen-bond donors (Lipinski definition) is 3. The molecule has 1 atom stereocenters. The standard InChI is InChI=1S/C18H27N3O2.HI/c1-2-19-18(21-16-10-6-7-11-16)20-12-17(22)14-23-13-15-8-4-3-5-9-15;/h3-9,16-17,22H,2,10-14H2,1H3,(H2,19,20,21);1H. The fourth-order valence-electron chi connectivity index (χ4n) is 2.38. The zero-order chi connectivity index (χ0) is 16.3. The van der Waals surface area contributed by atoms with E-state index < -0.39 is 6.10 Å². The molecule has 6 heteroatoms. The van der Waals surface area contributed by atoms with Crippen LogP contribution in [0.15, 0.2) is 47.5 Å². The Morgan fingerprint density at radius 2 is 2.00 bits per heavy atom. The molecule has 5 nitrogen and oxygen atoms in total. The summed E-state index contributed by atoms with van der Waals surface area (Å²) in [7, 11) is 0. The van der Waals surface area contributed by atoms with Crippen molar-refractivity contribution in [3.05, 3.63) is 48.0 Å². The summed E-state index contributed by atoms with van der Waals surface area (Å²) < 4.78 is 5.54. The van der Waals surface area contributed by atoms with Crippen molar-refractivity contribution in [3.63, 3.8) is 0 Å². The van der Waals surface area contributed by atoms with Crippen molar-refractivity contribution in [2.45, 2.75) is 38.5 Å². The van der Waals surface area contributed by atoms with Crippen LogP contribution in [0.1, 0.15) is 25.3 Å². The van der Waals surface area contributed by atoms with Gasteiger partial charge in [-0.15, -0.1) is 24.0 Å². The lowest BCUT2D eigenvalue weighted by molar-refractivity contribution is 0.0331. The summed E-state index contributed by atoms with van der Waals surface area (Å²) in [5, 5.41) is 16.6. The Balaban J connectivity index is 0.00000288. The summed E-state index contributed by atoms with van der Waals surface area (Å²) in [6.07, 6.45) is 5.79. The van der Waals surface area contributed by atoms with Crippen molar-refractivity contribution in [1.29, 1.82) is 0 Å². The van der Waals surface area contributed by atoms with Crippen molar-refractivity contribution in [2.24, 2.45) is 4.99 Å². The third kappa shape index (κ3) is 8.12. The number of aliphatic imine (C=N–C) groups is 1. The first-order chi connectivity index (χ1) is 11.3. The Labute approximate surface area is 161 Å². The normalized spacial score (nSPS) is 15.8. The van der Waals surface area contributed by atoms with Gasteiger partial charge in [0.15, 0.2) is 5.96 Å². The predicted octanol–water partition coefficient (Wildman–Crippen LogP) is 2.46. The minimum absolute atomic E-state index is 0. The number of nitrogens with zero attached hydrogens (tertiary/aromatic N) is 1. The third-order valence-corrected chi connectivity index (χ3v) is 3.57. The maximum atomic E-state index is 10.0. The summed E-state index contributed by atoms with van der Waals surface area (Å²) in [5.41, 5.74) is 1.10. The van der Waals surface area contributed by atoms with Crippen LogP contribution in [0.2, 0.25) is 0 Å². The third-order valence-electron chi connectivity index (χ3n) is 3.57. The minimum Gasteiger partial charge on any atom is -0.389 e. The summed E-state index contributed by atoms with van der Waals surface area (Å²) in [6.45, 7) is 3.94. The Bertz CT molecular complexity index is 500. The molecule has 0 aliphatic heterocycles. The predicted molar refractivity (Wildman–Crippen MR) is 109 cm³/mol. The smallest absolute Gasteiger partial charge is 0.191 e. The van der Waals surface area contributed by atoms with Gasteiger partial charge in [-0.1, -0.05) is 42.5 Å². The van der Waals surface area contributed by atoms with Gasteiger partial charge in [-0.05, 0) is 25.3 Å². The number of guanidine groups is 1. The maximum Gasteiger partial charge on any atom is 0.191 e. The molecule has 1 unspecified atom stereocenters. The first-order valence-corrected chi connectivity index (χ1v) is 8.27. The van der Waals surface area contributed by atoms with Crippen LogP contribution < -0.4 is 10.6 Å². The number of rotatable bonds is 8. The van der Waals surface area contributed by atoms with Crippen molar-refractivity contribution >= 4 is 29.9 Å². The van der Waals surface area contributed by atoms with E-state index in [2.05, 4.69) is 27.8 Å². The highest BCUT2D eigenvalue weighted by Gasteiger charge is 2.12. The molecule has 0 heterocycles. The van der Waals surface area contributed by atoms with Gasteiger partial charge in [-0.25, -0.2) is 0 Å². The average molecular weight is 445 g/mol. The molecular formula is C18H28IN3O2. The Morgan fingerprint density at radius 3 is 2.67 bits per heavy atom. The van der Waals surface area contributed by atoms with E-state index in [4.69, 9.17) is 4.74 Å². The van der Waals surface area contributed by atoms with E-state index in [-0.39, 0.29) is 30.6 Å². The molecule has 0 saturated heterocycles. The van der Waals surface area contributed by atoms with Gasteiger partial charge in [0.05, 0.1) is 25.9 Å². The van der Waals surface area contributed by atoms with Gasteiger partial charge >= 0.3 is 0 Å². The van der Waals surface area contributed by atoms with Crippen molar-refractivity contribution < 1.29 is 9.84 Å². The number of benzene rings is 1. The van der Waals surface area contributed by atoms with Crippen LogP contribution in [0.25, 0.3) is 0 Å². The fourth-order valence-corrected chi connectivity index (χ4v) is 2.38. The van der Waals surface area contributed by atoms with Gasteiger partial charge in [-0.2, -0.15) is 0 Å². The van der Waals surface area contributed by atoms with E-state index in [1.54, 1.807) is 0 Å². The molecule has 0 bridgehead atoms. The zero-order valence-corrected chi connectivity index (χ0v) is 16.5. The van der Waals surface area contributed by atoms with E-state index in [1.807, 2.05) is 37.3 Å². The monoisotopic (exact) mass is 445 g/mol. The number of aliphatic hydroxyl groups is 1. The van der Waals surface area contributed by atoms with Crippen molar-refractivity contribution in [3.8, 4) is 0 Å². The van der Waals surface area contributed by atoms with E-state index in [0.717, 1.165) is 30.9 Å². The molecule has 1 aromatic rings. The molecule has 3 N–H and O–H groups in total. The van der Waals surface area contributed by atoms with Crippen LogP contribution >= 0.6 is 24.0 Å². The molecule has 1 aliphatic rings. The highest BCUT2D eigenvalue weighted by molar-refractivity contribution is 14.0. The van der Waals surface area contributed by atoms with Crippen LogP contribution in [0, 0.1) is 0 Å². The van der Waals surface area contributed by atoms with Crippen LogP contribution in [-0.2, 0) is 11.3 Å². The topological polar surface area (TPSA) is 65.9 Å². The molecule has 0 saturated carbocycles. The molecular weight excluding hydrogens is 417 g/mol. The van der Waals surface area contributed by atoms with E-state index in [0.29, 0.717) is 19.2 Å². The second-order valence-electron chi connectivity index (χ2n) is 5.66. The SMILES string of the molecule is CCNC(=NCC(O)COCc1ccccc1)NC1CC=CC1.I. The molecule has 0 aromatic heterocycles. The fraction of sp³-hybridized carbons (Fsp3) is 0.500. The first kappa shape index (κ1) is 20.9. The minimum atomic E-state index is -0.601. The summed E-state index contributed by atoms with van der Waals surface area (Å²) >= 11 is 0. The molecule has 0 radical (unpaired) electrons. The van der Waals surface area contributed by atoms with Gasteiger partial charge in [0.25, 0.3) is 0 Å². The molecule has 0 amide bonds. The lowest BCUT2D eigenvalue weighted by atomic mass is 10.2. The molecule has 0 spiro atoms. The molecule has 1 aliphatic carbocycles. The summed E-state index contributed by atoms with van der Waals surface area (Å²) in [6, 6.07) is 10.3. The lowest BCUT2D eigenvalue weighted by Gasteiger charge is -2.17. The van der Waals surface area contributed by atoms with E-state index in [9.17, 15) is 5.11 Å². The number of aliphatic hydroxyl groups excluding tert-OH is 1. The summed E-state index contributed by atoms with van der Waals surface area (Å²) in [5.74, 6) is 0.753. The molecule has 24 heavy (non-hydrogen) atoms. The molecule has 2 rings (SSSR count). The quantitative estimate of drug-likeness (QED) is 0.249. The molecule has 0 fully saturated rings. The van der Waals surface area contributed by atoms with Crippen molar-refractivity contribution in [2.75, 3.05) is 19.7 Å². The first-order valence-electron chi connectivity index (χ1n) is 8.27. The van der Waals surface area contributed by atoms with Crippen LogP contribution in [0.3, 0.4) is 0 Å². The Morgan fingerprint density at radius 1 is 1.29 bits per heavy atom. The van der Waals surface area contributed by atoms with Gasteiger partial charge in [0.1, 0.15) is 0 Å². The van der Waals surface area contributed by atoms with Crippen molar-refractivity contribution in [1.82, 2.24) is 10.6 Å². The van der Waals surface area contributed by atoms with Crippen LogP contribution in [0.5, 0.6) is 0 Å². The van der Waals surface area contributed by atoms with E-state index >= 15 is 0 Å².